The molecule has 4 atom stereocenters. The van der Waals surface area contributed by atoms with Crippen LogP contribution in [0.2, 0.25) is 0 Å². The number of hydrogen-bond donors (Lipinski definition) is 1. The van der Waals surface area contributed by atoms with E-state index in [1.165, 1.54) is 0 Å². The van der Waals surface area contributed by atoms with Crippen LogP contribution in [0.3, 0.4) is 0 Å². The van der Waals surface area contributed by atoms with Crippen molar-refractivity contribution in [2.24, 2.45) is 0 Å². The van der Waals surface area contributed by atoms with E-state index < -0.39 is 54.4 Å². The lowest BCUT2D eigenvalue weighted by Gasteiger charge is -2.29. The summed E-state index contributed by atoms with van der Waals surface area (Å²) < 4.78 is 20.1. The molecule has 124 valence electrons. The number of ether oxygens (including phenoxy) is 4. The number of hydrogen-bond acceptors (Lipinski definition) is 9. The molecule has 1 fully saturated rings. The van der Waals surface area contributed by atoms with Gasteiger partial charge in [0.1, 0.15) is 0 Å². The molecule has 0 spiro atoms. The van der Waals surface area contributed by atoms with Crippen molar-refractivity contribution in [2.75, 3.05) is 6.61 Å². The van der Waals surface area contributed by atoms with Crippen LogP contribution in [0.25, 0.3) is 0 Å². The first-order valence-electron chi connectivity index (χ1n) is 6.45. The van der Waals surface area contributed by atoms with Crippen LogP contribution < -0.4 is 0 Å². The third kappa shape index (κ3) is 3.60. The molecule has 22 heavy (non-hydrogen) atoms. The fraction of sp³-hybridized carbons (Fsp3) is 0.692. The van der Waals surface area contributed by atoms with E-state index in [0.717, 1.165) is 27.7 Å². The second-order valence-electron chi connectivity index (χ2n) is 4.80. The number of carbonyl (C=O) groups is 4. The molecular weight excluding hydrogens is 300 g/mol. The second kappa shape index (κ2) is 6.84. The Hall–Kier alpha value is -2.00. The van der Waals surface area contributed by atoms with Crippen LogP contribution in [0.4, 0.5) is 0 Å². The molecule has 1 rings (SSSR count). The Morgan fingerprint density at radius 2 is 1.45 bits per heavy atom. The fourth-order valence-corrected chi connectivity index (χ4v) is 2.18. The third-order valence-corrected chi connectivity index (χ3v) is 3.06. The fourth-order valence-electron chi connectivity index (χ4n) is 2.18. The quantitative estimate of drug-likeness (QED) is 0.506. The number of aliphatic hydroxyl groups excluding tert-OH is 1. The van der Waals surface area contributed by atoms with E-state index in [1.807, 2.05) is 0 Å². The lowest BCUT2D eigenvalue weighted by atomic mass is 9.92. The van der Waals surface area contributed by atoms with Gasteiger partial charge in [-0.3, -0.25) is 19.2 Å². The van der Waals surface area contributed by atoms with E-state index in [4.69, 9.17) is 18.9 Å². The van der Waals surface area contributed by atoms with E-state index in [2.05, 4.69) is 0 Å². The predicted octanol–water partition coefficient (Wildman–Crippen LogP) is -0.911. The summed E-state index contributed by atoms with van der Waals surface area (Å²) in [7, 11) is 0. The summed E-state index contributed by atoms with van der Waals surface area (Å²) in [5.74, 6) is -2.98. The predicted molar refractivity (Wildman–Crippen MR) is 68.2 cm³/mol. The van der Waals surface area contributed by atoms with Crippen molar-refractivity contribution in [2.45, 2.75) is 51.8 Å². The first kappa shape index (κ1) is 18.1. The number of esters is 3. The smallest absolute Gasteiger partial charge is 0.305 e. The van der Waals surface area contributed by atoms with Gasteiger partial charge in [-0.2, -0.15) is 0 Å². The Kier molecular flexibility index (Phi) is 5.61. The normalized spacial score (nSPS) is 30.5. The molecule has 0 aliphatic carbocycles. The molecule has 0 saturated carbocycles. The topological polar surface area (TPSA) is 125 Å². The van der Waals surface area contributed by atoms with Gasteiger partial charge in [0.25, 0.3) is 0 Å². The number of carbonyl (C=O) groups excluding carboxylic acids is 4. The molecule has 0 radical (unpaired) electrons. The van der Waals surface area contributed by atoms with Gasteiger partial charge >= 0.3 is 17.9 Å². The Morgan fingerprint density at radius 3 is 1.82 bits per heavy atom. The molecule has 1 saturated heterocycles. The molecule has 0 aromatic heterocycles. The summed E-state index contributed by atoms with van der Waals surface area (Å²) in [5.41, 5.74) is -1.98. The molecule has 0 bridgehead atoms. The summed E-state index contributed by atoms with van der Waals surface area (Å²) in [6.07, 6.45) is -4.30. The highest BCUT2D eigenvalue weighted by molar-refractivity contribution is 5.87. The average molecular weight is 318 g/mol. The largest absolute Gasteiger partial charge is 0.455 e. The summed E-state index contributed by atoms with van der Waals surface area (Å²) in [6, 6.07) is 0. The maximum absolute atomic E-state index is 11.9. The molecule has 0 unspecified atom stereocenters. The number of aliphatic hydroxyl groups is 1. The van der Waals surface area contributed by atoms with Gasteiger partial charge in [0.15, 0.2) is 17.5 Å². The van der Waals surface area contributed by atoms with Crippen LogP contribution >= 0.6 is 0 Å². The Bertz CT molecular complexity index is 486. The molecule has 0 aromatic rings. The third-order valence-electron chi connectivity index (χ3n) is 3.06. The summed E-state index contributed by atoms with van der Waals surface area (Å²) in [5, 5.41) is 9.56. The number of ketones is 1. The van der Waals surface area contributed by atoms with Crippen LogP contribution in [0, 0.1) is 0 Å². The van der Waals surface area contributed by atoms with Crippen LogP contribution in [0.5, 0.6) is 0 Å². The summed E-state index contributed by atoms with van der Waals surface area (Å²) >= 11 is 0. The highest BCUT2D eigenvalue weighted by Crippen LogP contribution is 2.37. The van der Waals surface area contributed by atoms with Crippen LogP contribution in [-0.4, -0.2) is 59.5 Å². The van der Waals surface area contributed by atoms with Gasteiger partial charge in [-0.15, -0.1) is 0 Å². The molecule has 0 amide bonds. The van der Waals surface area contributed by atoms with Crippen molar-refractivity contribution in [1.82, 2.24) is 0 Å². The molecular formula is C13H18O9. The van der Waals surface area contributed by atoms with Crippen LogP contribution in [0.15, 0.2) is 0 Å². The molecule has 9 heteroatoms. The highest BCUT2D eigenvalue weighted by Gasteiger charge is 2.63. The first-order chi connectivity index (χ1) is 10.1. The van der Waals surface area contributed by atoms with Crippen molar-refractivity contribution < 1.29 is 43.2 Å². The minimum absolute atomic E-state index is 0.673. The Morgan fingerprint density at radius 1 is 0.955 bits per heavy atom. The Balaban J connectivity index is 3.27. The van der Waals surface area contributed by atoms with Crippen molar-refractivity contribution >= 4 is 23.7 Å². The van der Waals surface area contributed by atoms with Crippen molar-refractivity contribution in [3.8, 4) is 0 Å². The van der Waals surface area contributed by atoms with E-state index in [-0.39, 0.29) is 0 Å². The maximum atomic E-state index is 11.9. The van der Waals surface area contributed by atoms with Gasteiger partial charge in [-0.05, 0) is 6.92 Å². The second-order valence-corrected chi connectivity index (χ2v) is 4.80. The zero-order valence-electron chi connectivity index (χ0n) is 12.7. The van der Waals surface area contributed by atoms with E-state index in [0.29, 0.717) is 0 Å². The van der Waals surface area contributed by atoms with Crippen molar-refractivity contribution in [1.29, 1.82) is 0 Å². The van der Waals surface area contributed by atoms with Crippen molar-refractivity contribution in [3.63, 3.8) is 0 Å². The van der Waals surface area contributed by atoms with Crippen LogP contribution in [0.1, 0.15) is 27.7 Å². The van der Waals surface area contributed by atoms with Gasteiger partial charge in [-0.25, -0.2) is 0 Å². The zero-order chi connectivity index (χ0) is 17.1. The summed E-state index contributed by atoms with van der Waals surface area (Å²) in [4.78, 5) is 45.5. The maximum Gasteiger partial charge on any atom is 0.305 e. The van der Waals surface area contributed by atoms with Gasteiger partial charge in [0, 0.05) is 20.8 Å². The van der Waals surface area contributed by atoms with Crippen molar-refractivity contribution in [3.05, 3.63) is 0 Å². The van der Waals surface area contributed by atoms with E-state index in [1.54, 1.807) is 0 Å². The molecule has 1 heterocycles. The zero-order valence-corrected chi connectivity index (χ0v) is 12.7. The van der Waals surface area contributed by atoms with Gasteiger partial charge in [0.2, 0.25) is 12.4 Å². The van der Waals surface area contributed by atoms with Gasteiger partial charge < -0.3 is 24.1 Å². The SMILES string of the molecule is CC(=O)O[C@@H]1O[C@@](CO)(C(C)=O)[C@@H](OC(C)=O)[C@H]1OC(C)=O. The molecule has 1 aliphatic heterocycles. The Labute approximate surface area is 126 Å². The lowest BCUT2D eigenvalue weighted by molar-refractivity contribution is -0.208. The highest BCUT2D eigenvalue weighted by atomic mass is 16.8. The minimum Gasteiger partial charge on any atom is -0.455 e. The van der Waals surface area contributed by atoms with E-state index in [9.17, 15) is 24.3 Å². The molecule has 0 aromatic carbocycles. The molecule has 1 N–H and O–H groups in total. The minimum atomic E-state index is -1.98. The summed E-state index contributed by atoms with van der Waals surface area (Å²) in [6.45, 7) is 3.50. The first-order valence-corrected chi connectivity index (χ1v) is 6.45. The lowest BCUT2D eigenvalue weighted by Crippen LogP contribution is -2.54. The van der Waals surface area contributed by atoms with Gasteiger partial charge in [0.05, 0.1) is 6.61 Å². The number of Topliss-reactive ketones (excluding diaryl/α,β-unsaturated/α-hetero) is 1. The van der Waals surface area contributed by atoms with E-state index >= 15 is 0 Å². The molecule has 9 nitrogen and oxygen atoms in total. The number of rotatable bonds is 5. The molecule has 1 aliphatic rings. The van der Waals surface area contributed by atoms with Gasteiger partial charge in [-0.1, -0.05) is 0 Å². The monoisotopic (exact) mass is 318 g/mol. The standard InChI is InChI=1S/C13H18O9/c1-6(15)13(5-14)11(20-8(3)17)10(19-7(2)16)12(22-13)21-9(4)18/h10-12,14H,5H2,1-4H3/t10-,11+,12-,13+/m1/s1. The van der Waals surface area contributed by atoms with Crippen LogP contribution in [-0.2, 0) is 38.1 Å². The average Bonchev–Trinajstić information content (AvgIpc) is 2.63.